The van der Waals surface area contributed by atoms with Crippen LogP contribution in [-0.2, 0) is 4.79 Å². The number of nitrogens with two attached hydrogens (primary N) is 1. The highest BCUT2D eigenvalue weighted by Crippen LogP contribution is 1.95. The van der Waals surface area contributed by atoms with Crippen LogP contribution in [-0.4, -0.2) is 35.7 Å². The summed E-state index contributed by atoms with van der Waals surface area (Å²) in [6.07, 6.45) is 1.34. The fraction of sp³-hybridized carbons (Fsp3) is 0.778. The van der Waals surface area contributed by atoms with E-state index in [1.54, 1.807) is 6.92 Å². The van der Waals surface area contributed by atoms with Crippen LogP contribution in [0, 0.1) is 0 Å². The molecule has 6 heteroatoms. The molecule has 0 aliphatic heterocycles. The Kier molecular flexibility index (Phi) is 6.44. The molecule has 2 atom stereocenters. The Hall–Kier alpha value is -1.30. The molecule has 0 bridgehead atoms. The second-order valence-corrected chi connectivity index (χ2v) is 3.51. The molecule has 0 aliphatic rings. The number of carbonyl (C=O) groups excluding carboxylic acids is 2. The zero-order valence-corrected chi connectivity index (χ0v) is 9.12. The SMILES string of the molecule is CC(CCCO)NC(=O)C(C)NC(N)=O. The van der Waals surface area contributed by atoms with Crippen LogP contribution in [0.4, 0.5) is 4.79 Å². The van der Waals surface area contributed by atoms with Gasteiger partial charge in [0.2, 0.25) is 5.91 Å². The quantitative estimate of drug-likeness (QED) is 0.473. The van der Waals surface area contributed by atoms with E-state index >= 15 is 0 Å². The Balaban J connectivity index is 3.85. The van der Waals surface area contributed by atoms with Crippen molar-refractivity contribution in [3.8, 4) is 0 Å². The molecule has 88 valence electrons. The monoisotopic (exact) mass is 217 g/mol. The van der Waals surface area contributed by atoms with E-state index in [0.29, 0.717) is 12.8 Å². The van der Waals surface area contributed by atoms with Gasteiger partial charge in [0.05, 0.1) is 0 Å². The highest BCUT2D eigenvalue weighted by Gasteiger charge is 2.15. The summed E-state index contributed by atoms with van der Waals surface area (Å²) in [6.45, 7) is 3.50. The second-order valence-electron chi connectivity index (χ2n) is 3.51. The van der Waals surface area contributed by atoms with Gasteiger partial charge in [-0.1, -0.05) is 0 Å². The molecule has 3 amide bonds. The third-order valence-electron chi connectivity index (χ3n) is 1.94. The van der Waals surface area contributed by atoms with Gasteiger partial charge in [0, 0.05) is 12.6 Å². The van der Waals surface area contributed by atoms with Crippen molar-refractivity contribution in [1.82, 2.24) is 10.6 Å². The number of primary amides is 1. The standard InChI is InChI=1S/C9H19N3O3/c1-6(4-3-5-13)11-8(14)7(2)12-9(10)15/h6-7,13H,3-5H2,1-2H3,(H,11,14)(H3,10,12,15). The zero-order valence-electron chi connectivity index (χ0n) is 9.12. The number of hydrogen-bond donors (Lipinski definition) is 4. The first-order chi connectivity index (χ1) is 6.97. The maximum absolute atomic E-state index is 11.4. The van der Waals surface area contributed by atoms with E-state index in [1.165, 1.54) is 0 Å². The predicted octanol–water partition coefficient (Wildman–Crippen LogP) is -0.680. The summed E-state index contributed by atoms with van der Waals surface area (Å²) in [6, 6.07) is -1.39. The van der Waals surface area contributed by atoms with Gasteiger partial charge >= 0.3 is 6.03 Å². The van der Waals surface area contributed by atoms with Gasteiger partial charge in [-0.2, -0.15) is 0 Å². The van der Waals surface area contributed by atoms with Gasteiger partial charge in [-0.05, 0) is 26.7 Å². The first-order valence-electron chi connectivity index (χ1n) is 4.94. The number of urea groups is 1. The Morgan fingerprint density at radius 2 is 1.93 bits per heavy atom. The normalized spacial score (nSPS) is 14.1. The highest BCUT2D eigenvalue weighted by atomic mass is 16.3. The van der Waals surface area contributed by atoms with Crippen molar-refractivity contribution < 1.29 is 14.7 Å². The summed E-state index contributed by atoms with van der Waals surface area (Å²) in [5.74, 6) is -0.278. The van der Waals surface area contributed by atoms with Crippen LogP contribution in [0.1, 0.15) is 26.7 Å². The largest absolute Gasteiger partial charge is 0.396 e. The molecule has 0 aromatic carbocycles. The van der Waals surface area contributed by atoms with Crippen molar-refractivity contribution in [1.29, 1.82) is 0 Å². The summed E-state index contributed by atoms with van der Waals surface area (Å²) in [5, 5.41) is 13.6. The van der Waals surface area contributed by atoms with Crippen molar-refractivity contribution in [2.45, 2.75) is 38.8 Å². The maximum Gasteiger partial charge on any atom is 0.312 e. The van der Waals surface area contributed by atoms with E-state index in [2.05, 4.69) is 10.6 Å². The third kappa shape index (κ3) is 6.73. The molecule has 15 heavy (non-hydrogen) atoms. The van der Waals surface area contributed by atoms with Crippen LogP contribution in [0.15, 0.2) is 0 Å². The van der Waals surface area contributed by atoms with Gasteiger partial charge < -0.3 is 21.5 Å². The molecular weight excluding hydrogens is 198 g/mol. The molecule has 6 nitrogen and oxygen atoms in total. The van der Waals surface area contributed by atoms with E-state index in [9.17, 15) is 9.59 Å². The molecule has 0 saturated heterocycles. The Morgan fingerprint density at radius 3 is 2.40 bits per heavy atom. The summed E-state index contributed by atoms with van der Waals surface area (Å²) in [5.41, 5.74) is 4.88. The zero-order chi connectivity index (χ0) is 11.8. The molecule has 0 rings (SSSR count). The van der Waals surface area contributed by atoms with E-state index in [-0.39, 0.29) is 18.6 Å². The Morgan fingerprint density at radius 1 is 1.33 bits per heavy atom. The van der Waals surface area contributed by atoms with E-state index in [0.717, 1.165) is 0 Å². The highest BCUT2D eigenvalue weighted by molar-refractivity contribution is 5.86. The smallest absolute Gasteiger partial charge is 0.312 e. The Bertz CT molecular complexity index is 221. The maximum atomic E-state index is 11.4. The van der Waals surface area contributed by atoms with E-state index in [1.807, 2.05) is 6.92 Å². The van der Waals surface area contributed by atoms with Crippen LogP contribution in [0.2, 0.25) is 0 Å². The number of carbonyl (C=O) groups is 2. The van der Waals surface area contributed by atoms with Gasteiger partial charge in [0.25, 0.3) is 0 Å². The minimum Gasteiger partial charge on any atom is -0.396 e. The number of nitrogens with one attached hydrogen (secondary N) is 2. The minimum absolute atomic E-state index is 0.0261. The van der Waals surface area contributed by atoms with Gasteiger partial charge in [0.1, 0.15) is 6.04 Å². The molecule has 0 heterocycles. The third-order valence-corrected chi connectivity index (χ3v) is 1.94. The minimum atomic E-state index is -0.722. The summed E-state index contributed by atoms with van der Waals surface area (Å²) in [4.78, 5) is 21.9. The average Bonchev–Trinajstić information content (AvgIpc) is 2.13. The van der Waals surface area contributed by atoms with Gasteiger partial charge in [-0.3, -0.25) is 4.79 Å². The van der Waals surface area contributed by atoms with Crippen molar-refractivity contribution in [2.24, 2.45) is 5.73 Å². The lowest BCUT2D eigenvalue weighted by atomic mass is 10.2. The first-order valence-corrected chi connectivity index (χ1v) is 4.94. The van der Waals surface area contributed by atoms with Gasteiger partial charge in [-0.25, -0.2) is 4.79 Å². The molecule has 0 saturated carbocycles. The van der Waals surface area contributed by atoms with Crippen molar-refractivity contribution in [3.63, 3.8) is 0 Å². The van der Waals surface area contributed by atoms with Crippen LogP contribution in [0.3, 0.4) is 0 Å². The summed E-state index contributed by atoms with van der Waals surface area (Å²) in [7, 11) is 0. The fourth-order valence-electron chi connectivity index (χ4n) is 1.12. The Labute approximate surface area is 89.2 Å². The number of hydrogen-bond acceptors (Lipinski definition) is 3. The molecule has 0 fully saturated rings. The first kappa shape index (κ1) is 13.7. The lowest BCUT2D eigenvalue weighted by molar-refractivity contribution is -0.123. The van der Waals surface area contributed by atoms with Crippen LogP contribution in [0.25, 0.3) is 0 Å². The number of amides is 3. The molecule has 0 aliphatic carbocycles. The molecular formula is C9H19N3O3. The van der Waals surface area contributed by atoms with Gasteiger partial charge in [0.15, 0.2) is 0 Å². The van der Waals surface area contributed by atoms with Gasteiger partial charge in [-0.15, -0.1) is 0 Å². The molecule has 0 spiro atoms. The molecule has 0 aromatic heterocycles. The topological polar surface area (TPSA) is 104 Å². The van der Waals surface area contributed by atoms with Crippen molar-refractivity contribution in [2.75, 3.05) is 6.61 Å². The molecule has 0 aromatic rings. The summed E-state index contributed by atoms with van der Waals surface area (Å²) < 4.78 is 0. The molecule has 5 N–H and O–H groups in total. The van der Waals surface area contributed by atoms with Crippen LogP contribution in [0.5, 0.6) is 0 Å². The van der Waals surface area contributed by atoms with E-state index in [4.69, 9.17) is 10.8 Å². The lowest BCUT2D eigenvalue weighted by Gasteiger charge is -2.17. The fourth-order valence-corrected chi connectivity index (χ4v) is 1.12. The molecule has 2 unspecified atom stereocenters. The lowest BCUT2D eigenvalue weighted by Crippen LogP contribution is -2.48. The second kappa shape index (κ2) is 7.05. The van der Waals surface area contributed by atoms with Crippen LogP contribution < -0.4 is 16.4 Å². The van der Waals surface area contributed by atoms with Crippen molar-refractivity contribution in [3.05, 3.63) is 0 Å². The van der Waals surface area contributed by atoms with Crippen LogP contribution >= 0.6 is 0 Å². The number of rotatable bonds is 6. The number of aliphatic hydroxyl groups excluding tert-OH is 1. The van der Waals surface area contributed by atoms with E-state index < -0.39 is 12.1 Å². The summed E-state index contributed by atoms with van der Waals surface area (Å²) >= 11 is 0. The predicted molar refractivity (Wildman–Crippen MR) is 56.1 cm³/mol. The number of aliphatic hydroxyl groups is 1. The van der Waals surface area contributed by atoms with Crippen molar-refractivity contribution >= 4 is 11.9 Å². The molecule has 0 radical (unpaired) electrons. The average molecular weight is 217 g/mol.